The van der Waals surface area contributed by atoms with Gasteiger partial charge in [0.1, 0.15) is 0 Å². The molecule has 0 radical (unpaired) electrons. The molecule has 3 aliphatic heterocycles. The van der Waals surface area contributed by atoms with E-state index in [1.165, 1.54) is 29.3 Å². The molecule has 0 unspecified atom stereocenters. The Morgan fingerprint density at radius 3 is 2.78 bits per heavy atom. The van der Waals surface area contributed by atoms with Gasteiger partial charge in [-0.2, -0.15) is 0 Å². The van der Waals surface area contributed by atoms with Crippen LogP contribution in [0.15, 0.2) is 30.5 Å². The van der Waals surface area contributed by atoms with E-state index in [2.05, 4.69) is 51.8 Å². The highest BCUT2D eigenvalue weighted by Gasteiger charge is 2.35. The lowest BCUT2D eigenvalue weighted by Crippen LogP contribution is -2.44. The van der Waals surface area contributed by atoms with Crippen LogP contribution in [-0.2, 0) is 17.9 Å². The third kappa shape index (κ3) is 3.90. The van der Waals surface area contributed by atoms with Gasteiger partial charge < -0.3 is 9.47 Å². The van der Waals surface area contributed by atoms with Crippen LogP contribution in [-0.4, -0.2) is 71.5 Å². The van der Waals surface area contributed by atoms with Crippen molar-refractivity contribution in [3.05, 3.63) is 36.0 Å². The number of fused-ring (bicyclic) bond motifs is 5. The lowest BCUT2D eigenvalue weighted by molar-refractivity contribution is -0.130. The van der Waals surface area contributed by atoms with Crippen molar-refractivity contribution in [2.24, 2.45) is 5.92 Å². The largest absolute Gasteiger partial charge is 0.348 e. The SMILES string of the molecule is CCn1ccc2ccc(CN3C[C@@H]4CC[C@H]3CN(CC(=O)N(C)C)C4)cc21. The van der Waals surface area contributed by atoms with Crippen LogP contribution in [0.3, 0.4) is 0 Å². The van der Waals surface area contributed by atoms with Crippen molar-refractivity contribution in [2.75, 3.05) is 40.3 Å². The van der Waals surface area contributed by atoms with Crippen LogP contribution >= 0.6 is 0 Å². The zero-order valence-electron chi connectivity index (χ0n) is 16.9. The van der Waals surface area contributed by atoms with Gasteiger partial charge in [-0.25, -0.2) is 0 Å². The molecule has 1 aromatic carbocycles. The number of rotatable bonds is 5. The second-order valence-corrected chi connectivity index (χ2v) is 8.50. The van der Waals surface area contributed by atoms with Crippen molar-refractivity contribution < 1.29 is 4.79 Å². The van der Waals surface area contributed by atoms with Gasteiger partial charge in [0.25, 0.3) is 0 Å². The highest BCUT2D eigenvalue weighted by atomic mass is 16.2. The molecule has 146 valence electrons. The normalized spacial score (nSPS) is 23.7. The molecule has 3 fully saturated rings. The van der Waals surface area contributed by atoms with Gasteiger partial charge >= 0.3 is 0 Å². The topological polar surface area (TPSA) is 31.7 Å². The lowest BCUT2D eigenvalue weighted by Gasteiger charge is -2.36. The molecule has 2 atom stereocenters. The van der Waals surface area contributed by atoms with E-state index in [0.29, 0.717) is 18.5 Å². The molecule has 5 nitrogen and oxygen atoms in total. The number of carbonyl (C=O) groups excluding carboxylic acids is 1. The summed E-state index contributed by atoms with van der Waals surface area (Å²) in [5.41, 5.74) is 2.74. The fourth-order valence-corrected chi connectivity index (χ4v) is 4.77. The minimum absolute atomic E-state index is 0.216. The molecule has 0 spiro atoms. The number of piperidine rings is 1. The smallest absolute Gasteiger partial charge is 0.236 e. The average Bonchev–Trinajstić information content (AvgIpc) is 2.86. The maximum absolute atomic E-state index is 12.2. The summed E-state index contributed by atoms with van der Waals surface area (Å²) in [7, 11) is 3.70. The summed E-state index contributed by atoms with van der Waals surface area (Å²) < 4.78 is 2.32. The number of hydrogen-bond acceptors (Lipinski definition) is 3. The maximum atomic E-state index is 12.2. The Morgan fingerprint density at radius 1 is 1.15 bits per heavy atom. The summed E-state index contributed by atoms with van der Waals surface area (Å²) in [6, 6.07) is 9.68. The van der Waals surface area contributed by atoms with Gasteiger partial charge in [0.2, 0.25) is 5.91 Å². The van der Waals surface area contributed by atoms with Crippen molar-refractivity contribution in [2.45, 2.75) is 38.9 Å². The van der Waals surface area contributed by atoms with Crippen LogP contribution in [0, 0.1) is 5.92 Å². The zero-order valence-corrected chi connectivity index (χ0v) is 16.9. The number of likely N-dealkylation sites (N-methyl/N-ethyl adjacent to an activating group) is 1. The van der Waals surface area contributed by atoms with Crippen LogP contribution in [0.4, 0.5) is 0 Å². The summed E-state index contributed by atoms with van der Waals surface area (Å²) in [4.78, 5) is 18.9. The van der Waals surface area contributed by atoms with Crippen molar-refractivity contribution in [3.8, 4) is 0 Å². The molecule has 0 aliphatic carbocycles. The first-order chi connectivity index (χ1) is 13.0. The molecule has 3 saturated heterocycles. The Kier molecular flexibility index (Phi) is 5.24. The maximum Gasteiger partial charge on any atom is 0.236 e. The third-order valence-corrected chi connectivity index (χ3v) is 6.32. The van der Waals surface area contributed by atoms with E-state index in [0.717, 1.165) is 32.7 Å². The molecular formula is C22H32N4O. The van der Waals surface area contributed by atoms with Crippen LogP contribution in [0.2, 0.25) is 0 Å². The second-order valence-electron chi connectivity index (χ2n) is 8.50. The van der Waals surface area contributed by atoms with E-state index in [-0.39, 0.29) is 5.91 Å². The van der Waals surface area contributed by atoms with Gasteiger partial charge in [-0.1, -0.05) is 12.1 Å². The number of benzene rings is 1. The van der Waals surface area contributed by atoms with E-state index in [9.17, 15) is 4.79 Å². The second kappa shape index (κ2) is 7.64. The van der Waals surface area contributed by atoms with Gasteiger partial charge in [-0.05, 0) is 48.8 Å². The standard InChI is InChI=1S/C22H32N4O/c1-4-25-10-9-19-7-5-17(11-21(19)25)13-26-14-18-6-8-20(26)15-24(12-18)16-22(27)23(2)3/h5,7,9-11,18,20H,4,6,8,12-16H2,1-3H3/t18-,20+/m1/s1. The summed E-state index contributed by atoms with van der Waals surface area (Å²) >= 11 is 0. The van der Waals surface area contributed by atoms with Crippen molar-refractivity contribution in [3.63, 3.8) is 0 Å². The van der Waals surface area contributed by atoms with Crippen molar-refractivity contribution in [1.29, 1.82) is 0 Å². The average molecular weight is 369 g/mol. The molecule has 1 aromatic heterocycles. The van der Waals surface area contributed by atoms with Crippen LogP contribution in [0.1, 0.15) is 25.3 Å². The fourth-order valence-electron chi connectivity index (χ4n) is 4.77. The van der Waals surface area contributed by atoms with Crippen LogP contribution < -0.4 is 0 Å². The third-order valence-electron chi connectivity index (χ3n) is 6.32. The molecule has 5 heteroatoms. The number of carbonyl (C=O) groups is 1. The Balaban J connectivity index is 1.48. The van der Waals surface area contributed by atoms with E-state index in [1.807, 2.05) is 14.1 Å². The number of amides is 1. The molecule has 4 heterocycles. The predicted molar refractivity (Wildman–Crippen MR) is 110 cm³/mol. The summed E-state index contributed by atoms with van der Waals surface area (Å²) in [6.07, 6.45) is 4.73. The molecular weight excluding hydrogens is 336 g/mol. The number of aryl methyl sites for hydroxylation is 1. The lowest BCUT2D eigenvalue weighted by atomic mass is 9.94. The minimum atomic E-state index is 0.216. The molecule has 3 aliphatic rings. The van der Waals surface area contributed by atoms with E-state index in [1.54, 1.807) is 4.90 Å². The summed E-state index contributed by atoms with van der Waals surface area (Å²) in [6.45, 7) is 8.02. The predicted octanol–water partition coefficient (Wildman–Crippen LogP) is 2.65. The highest BCUT2D eigenvalue weighted by Crippen LogP contribution is 2.30. The molecule has 1 amide bonds. The molecule has 2 bridgehead atoms. The molecule has 2 aromatic rings. The van der Waals surface area contributed by atoms with E-state index < -0.39 is 0 Å². The molecule has 27 heavy (non-hydrogen) atoms. The molecule has 5 rings (SSSR count). The van der Waals surface area contributed by atoms with E-state index in [4.69, 9.17) is 0 Å². The monoisotopic (exact) mass is 368 g/mol. The van der Waals surface area contributed by atoms with Gasteiger partial charge in [0.05, 0.1) is 6.54 Å². The molecule has 0 saturated carbocycles. The summed E-state index contributed by atoms with van der Waals surface area (Å²) in [5, 5.41) is 1.33. The Bertz CT molecular complexity index is 812. The zero-order chi connectivity index (χ0) is 19.0. The van der Waals surface area contributed by atoms with E-state index >= 15 is 0 Å². The Hall–Kier alpha value is -1.85. The fraction of sp³-hybridized carbons (Fsp3) is 0.591. The van der Waals surface area contributed by atoms with Gasteiger partial charge in [0, 0.05) is 64.6 Å². The van der Waals surface area contributed by atoms with Crippen LogP contribution in [0.5, 0.6) is 0 Å². The van der Waals surface area contributed by atoms with Gasteiger partial charge in [-0.3, -0.25) is 14.6 Å². The number of hydrogen-bond donors (Lipinski definition) is 0. The van der Waals surface area contributed by atoms with Gasteiger partial charge in [0.15, 0.2) is 0 Å². The summed E-state index contributed by atoms with van der Waals surface area (Å²) in [5.74, 6) is 0.899. The van der Waals surface area contributed by atoms with Crippen molar-refractivity contribution in [1.82, 2.24) is 19.3 Å². The van der Waals surface area contributed by atoms with Crippen molar-refractivity contribution >= 4 is 16.8 Å². The first kappa shape index (κ1) is 18.5. The molecule has 0 N–H and O–H groups in total. The number of nitrogens with zero attached hydrogens (tertiary/aromatic N) is 4. The van der Waals surface area contributed by atoms with Crippen LogP contribution in [0.25, 0.3) is 10.9 Å². The number of aromatic nitrogens is 1. The quantitative estimate of drug-likeness (QED) is 0.813. The first-order valence-corrected chi connectivity index (χ1v) is 10.3. The Morgan fingerprint density at radius 2 is 2.00 bits per heavy atom. The highest BCUT2D eigenvalue weighted by molar-refractivity contribution is 5.80. The van der Waals surface area contributed by atoms with Gasteiger partial charge in [-0.15, -0.1) is 0 Å². The minimum Gasteiger partial charge on any atom is -0.348 e. The Labute approximate surface area is 162 Å². The first-order valence-electron chi connectivity index (χ1n) is 10.3.